The molecule has 40 valence electrons. The highest BCUT2D eigenvalue weighted by Crippen LogP contribution is 1.93. The molecule has 0 bridgehead atoms. The van der Waals surface area contributed by atoms with Crippen LogP contribution in [0, 0.1) is 4.91 Å². The molecule has 0 saturated carbocycles. The number of aliphatic carboxylic acids is 1. The van der Waals surface area contributed by atoms with Crippen molar-refractivity contribution in [2.75, 3.05) is 0 Å². The molecule has 0 fully saturated rings. The van der Waals surface area contributed by atoms with Gasteiger partial charge in [0.2, 0.25) is 0 Å². The number of hydrogen-bond acceptors (Lipinski definition) is 3. The van der Waals surface area contributed by atoms with E-state index in [1.165, 1.54) is 0 Å². The Morgan fingerprint density at radius 3 is 2.29 bits per heavy atom. The standard InChI is InChI=1S/C2H2ClNO3/c3-1(4-7)2(5)6/h1H,(H,5,6). The van der Waals surface area contributed by atoms with E-state index in [4.69, 9.17) is 16.7 Å². The Hall–Kier alpha value is -0.640. The summed E-state index contributed by atoms with van der Waals surface area (Å²) in [4.78, 5) is 18.7. The van der Waals surface area contributed by atoms with Gasteiger partial charge in [-0.25, -0.2) is 4.79 Å². The summed E-state index contributed by atoms with van der Waals surface area (Å²) in [6.45, 7) is 0. The minimum absolute atomic E-state index is 1.42. The van der Waals surface area contributed by atoms with Gasteiger partial charge in [-0.15, -0.1) is 4.91 Å². The van der Waals surface area contributed by atoms with E-state index in [1.807, 2.05) is 5.18 Å². The molecule has 7 heavy (non-hydrogen) atoms. The molecule has 4 nitrogen and oxygen atoms in total. The van der Waals surface area contributed by atoms with E-state index in [1.54, 1.807) is 0 Å². The van der Waals surface area contributed by atoms with Crippen molar-refractivity contribution >= 4 is 17.6 Å². The number of nitroso groups, excluding NO2 is 1. The smallest absolute Gasteiger partial charge is 0.347 e. The molecule has 0 spiro atoms. The summed E-state index contributed by atoms with van der Waals surface area (Å²) < 4.78 is 0. The van der Waals surface area contributed by atoms with Gasteiger partial charge < -0.3 is 5.11 Å². The van der Waals surface area contributed by atoms with Gasteiger partial charge in [0.15, 0.2) is 0 Å². The van der Waals surface area contributed by atoms with Crippen LogP contribution in [0.4, 0.5) is 0 Å². The Kier molecular flexibility index (Phi) is 2.29. The Labute approximate surface area is 44.1 Å². The topological polar surface area (TPSA) is 66.7 Å². The number of rotatable bonds is 2. The Morgan fingerprint density at radius 2 is 2.29 bits per heavy atom. The molecule has 1 N–H and O–H groups in total. The summed E-state index contributed by atoms with van der Waals surface area (Å²) in [5.41, 5.74) is -1.64. The summed E-state index contributed by atoms with van der Waals surface area (Å²) in [5.74, 6) is -1.42. The third kappa shape index (κ3) is 2.11. The second kappa shape index (κ2) is 2.52. The molecule has 0 heterocycles. The maximum atomic E-state index is 9.50. The van der Waals surface area contributed by atoms with E-state index in [-0.39, 0.29) is 0 Å². The molecular weight excluding hydrogens is 121 g/mol. The van der Waals surface area contributed by atoms with Gasteiger partial charge in [0.05, 0.1) is 0 Å². The van der Waals surface area contributed by atoms with Gasteiger partial charge in [-0.3, -0.25) is 0 Å². The minimum Gasteiger partial charge on any atom is -0.479 e. The van der Waals surface area contributed by atoms with Crippen molar-refractivity contribution in [3.05, 3.63) is 4.91 Å². The largest absolute Gasteiger partial charge is 0.479 e. The molecule has 0 aromatic carbocycles. The molecule has 0 aromatic heterocycles. The van der Waals surface area contributed by atoms with E-state index < -0.39 is 11.5 Å². The lowest BCUT2D eigenvalue weighted by Gasteiger charge is -1.84. The number of alkyl halides is 1. The van der Waals surface area contributed by atoms with E-state index in [0.29, 0.717) is 0 Å². The van der Waals surface area contributed by atoms with Crippen LogP contribution >= 0.6 is 11.6 Å². The number of halogens is 1. The van der Waals surface area contributed by atoms with Gasteiger partial charge in [0.25, 0.3) is 5.50 Å². The summed E-state index contributed by atoms with van der Waals surface area (Å²) in [7, 11) is 0. The molecule has 0 rings (SSSR count). The highest BCUT2D eigenvalue weighted by Gasteiger charge is 2.11. The first-order chi connectivity index (χ1) is 3.18. The fourth-order valence-corrected chi connectivity index (χ4v) is 0.0451. The molecule has 0 aromatic rings. The predicted octanol–water partition coefficient (Wildman–Crippen LogP) is 0.402. The highest BCUT2D eigenvalue weighted by molar-refractivity contribution is 6.29. The normalized spacial score (nSPS) is 12.7. The fourth-order valence-electron chi connectivity index (χ4n) is 0.0451. The third-order valence-corrected chi connectivity index (χ3v) is 0.563. The van der Waals surface area contributed by atoms with Crippen LogP contribution in [0.25, 0.3) is 0 Å². The second-order valence-electron chi connectivity index (χ2n) is 0.779. The monoisotopic (exact) mass is 123 g/mol. The van der Waals surface area contributed by atoms with Crippen molar-refractivity contribution in [1.82, 2.24) is 0 Å². The molecule has 0 saturated heterocycles. The van der Waals surface area contributed by atoms with Gasteiger partial charge in [-0.1, -0.05) is 11.6 Å². The molecule has 0 aliphatic rings. The number of hydrogen-bond donors (Lipinski definition) is 1. The second-order valence-corrected chi connectivity index (χ2v) is 1.19. The lowest BCUT2D eigenvalue weighted by atomic mass is 10.7. The lowest BCUT2D eigenvalue weighted by Crippen LogP contribution is -2.08. The third-order valence-electron chi connectivity index (χ3n) is 0.296. The van der Waals surface area contributed by atoms with Crippen molar-refractivity contribution in [2.45, 2.75) is 5.50 Å². The van der Waals surface area contributed by atoms with E-state index in [9.17, 15) is 9.70 Å². The first-order valence-electron chi connectivity index (χ1n) is 1.38. The first-order valence-corrected chi connectivity index (χ1v) is 1.81. The average Bonchev–Trinajstić information content (AvgIpc) is 1.65. The zero-order valence-corrected chi connectivity index (χ0v) is 3.92. The molecule has 0 radical (unpaired) electrons. The summed E-state index contributed by atoms with van der Waals surface area (Å²) in [5, 5.41) is 9.76. The zero-order valence-electron chi connectivity index (χ0n) is 3.17. The summed E-state index contributed by atoms with van der Waals surface area (Å²) in [6.07, 6.45) is 0. The molecule has 0 amide bonds. The van der Waals surface area contributed by atoms with Crippen molar-refractivity contribution in [2.24, 2.45) is 5.18 Å². The van der Waals surface area contributed by atoms with Crippen molar-refractivity contribution in [3.63, 3.8) is 0 Å². The molecule has 0 aliphatic carbocycles. The average molecular weight is 123 g/mol. The SMILES string of the molecule is O=NC(Cl)C(=O)O. The Morgan fingerprint density at radius 1 is 1.86 bits per heavy atom. The van der Waals surface area contributed by atoms with Crippen molar-refractivity contribution in [1.29, 1.82) is 0 Å². The molecule has 0 aliphatic heterocycles. The van der Waals surface area contributed by atoms with Crippen LogP contribution in [0.1, 0.15) is 0 Å². The number of carboxylic acids is 1. The maximum Gasteiger partial charge on any atom is 0.347 e. The van der Waals surface area contributed by atoms with Gasteiger partial charge in [-0.05, 0) is 5.18 Å². The van der Waals surface area contributed by atoms with E-state index >= 15 is 0 Å². The summed E-state index contributed by atoms with van der Waals surface area (Å²) in [6, 6.07) is 0. The first kappa shape index (κ1) is 6.36. The van der Waals surface area contributed by atoms with Crippen LogP contribution in [-0.2, 0) is 4.79 Å². The van der Waals surface area contributed by atoms with E-state index in [0.717, 1.165) is 0 Å². The molecule has 5 heteroatoms. The van der Waals surface area contributed by atoms with Crippen molar-refractivity contribution < 1.29 is 9.90 Å². The quantitative estimate of drug-likeness (QED) is 0.328. The number of carboxylic acid groups (broad SMARTS) is 1. The van der Waals surface area contributed by atoms with Crippen LogP contribution in [0.3, 0.4) is 0 Å². The molecule has 1 atom stereocenters. The van der Waals surface area contributed by atoms with Crippen LogP contribution in [0.15, 0.2) is 5.18 Å². The minimum atomic E-state index is -1.64. The van der Waals surface area contributed by atoms with Crippen LogP contribution < -0.4 is 0 Å². The maximum absolute atomic E-state index is 9.50. The Balaban J connectivity index is 3.55. The van der Waals surface area contributed by atoms with Crippen LogP contribution in [0.2, 0.25) is 0 Å². The van der Waals surface area contributed by atoms with Crippen molar-refractivity contribution in [3.8, 4) is 0 Å². The Bertz CT molecular complexity index is 92.9. The fraction of sp³-hybridized carbons (Fsp3) is 0.500. The lowest BCUT2D eigenvalue weighted by molar-refractivity contribution is -0.136. The summed E-state index contributed by atoms with van der Waals surface area (Å²) >= 11 is 4.72. The van der Waals surface area contributed by atoms with Gasteiger partial charge in [0, 0.05) is 0 Å². The van der Waals surface area contributed by atoms with Gasteiger partial charge >= 0.3 is 5.97 Å². The number of nitrogens with zero attached hydrogens (tertiary/aromatic N) is 1. The van der Waals surface area contributed by atoms with Gasteiger partial charge in [-0.2, -0.15) is 0 Å². The van der Waals surface area contributed by atoms with Gasteiger partial charge in [0.1, 0.15) is 0 Å². The van der Waals surface area contributed by atoms with Crippen LogP contribution in [0.5, 0.6) is 0 Å². The molecule has 1 unspecified atom stereocenters. The van der Waals surface area contributed by atoms with E-state index in [2.05, 4.69) is 0 Å². The molecular formula is C2H2ClNO3. The zero-order chi connectivity index (χ0) is 5.86. The van der Waals surface area contributed by atoms with Crippen LogP contribution in [-0.4, -0.2) is 16.6 Å². The highest BCUT2D eigenvalue weighted by atomic mass is 35.5. The number of carbonyl (C=O) groups is 1. The predicted molar refractivity (Wildman–Crippen MR) is 23.1 cm³/mol.